The molecule has 0 aliphatic carbocycles. The number of rotatable bonds is 3. The number of amides is 1. The Morgan fingerprint density at radius 3 is 2.80 bits per heavy atom. The molecular formula is C12H16BrNO. The number of halogens is 1. The zero-order chi connectivity index (χ0) is 11.4. The van der Waals surface area contributed by atoms with Crippen LogP contribution in [-0.2, 0) is 4.79 Å². The second-order valence-corrected chi connectivity index (χ2v) is 4.53. The van der Waals surface area contributed by atoms with E-state index in [0.29, 0.717) is 0 Å². The predicted molar refractivity (Wildman–Crippen MR) is 67.0 cm³/mol. The Morgan fingerprint density at radius 2 is 2.20 bits per heavy atom. The maximum Gasteiger partial charge on any atom is 0.227 e. The van der Waals surface area contributed by atoms with Crippen LogP contribution in [0.3, 0.4) is 0 Å². The van der Waals surface area contributed by atoms with Gasteiger partial charge in [0.2, 0.25) is 5.91 Å². The van der Waals surface area contributed by atoms with E-state index in [2.05, 4.69) is 21.2 Å². The van der Waals surface area contributed by atoms with Crippen LogP contribution in [0.4, 0.5) is 5.69 Å². The molecule has 1 rings (SSSR count). The lowest BCUT2D eigenvalue weighted by atomic mass is 10.1. The third-order valence-corrected chi connectivity index (χ3v) is 3.56. The molecule has 0 aliphatic rings. The van der Waals surface area contributed by atoms with E-state index < -0.39 is 0 Å². The zero-order valence-electron chi connectivity index (χ0n) is 9.30. The van der Waals surface area contributed by atoms with Crippen molar-refractivity contribution in [1.82, 2.24) is 0 Å². The van der Waals surface area contributed by atoms with Crippen LogP contribution in [0.15, 0.2) is 22.7 Å². The van der Waals surface area contributed by atoms with Crippen LogP contribution in [0.25, 0.3) is 0 Å². The van der Waals surface area contributed by atoms with Gasteiger partial charge in [-0.25, -0.2) is 0 Å². The monoisotopic (exact) mass is 269 g/mol. The molecule has 0 bridgehead atoms. The van der Waals surface area contributed by atoms with Gasteiger partial charge in [0.1, 0.15) is 0 Å². The summed E-state index contributed by atoms with van der Waals surface area (Å²) < 4.78 is 0.960. The summed E-state index contributed by atoms with van der Waals surface area (Å²) in [6.07, 6.45) is 0.856. The van der Waals surface area contributed by atoms with Crippen molar-refractivity contribution >= 4 is 27.5 Å². The molecule has 0 aliphatic heterocycles. The lowest BCUT2D eigenvalue weighted by Crippen LogP contribution is -2.19. The van der Waals surface area contributed by atoms with Gasteiger partial charge in [0.05, 0.1) is 5.69 Å². The predicted octanol–water partition coefficient (Wildman–Crippen LogP) is 3.74. The van der Waals surface area contributed by atoms with Crippen LogP contribution in [0.1, 0.15) is 25.8 Å². The topological polar surface area (TPSA) is 29.1 Å². The number of benzene rings is 1. The van der Waals surface area contributed by atoms with Gasteiger partial charge in [0.25, 0.3) is 0 Å². The van der Waals surface area contributed by atoms with Crippen molar-refractivity contribution in [2.45, 2.75) is 27.2 Å². The first-order valence-corrected chi connectivity index (χ1v) is 5.91. The minimum absolute atomic E-state index is 0.0532. The molecule has 0 saturated carbocycles. The van der Waals surface area contributed by atoms with Crippen molar-refractivity contribution in [2.24, 2.45) is 5.92 Å². The summed E-state index contributed by atoms with van der Waals surface area (Å²) in [4.78, 5) is 11.7. The molecule has 0 heterocycles. The van der Waals surface area contributed by atoms with Crippen molar-refractivity contribution in [3.63, 3.8) is 0 Å². The molecule has 0 fully saturated rings. The van der Waals surface area contributed by atoms with Gasteiger partial charge in [0, 0.05) is 10.4 Å². The van der Waals surface area contributed by atoms with Crippen LogP contribution >= 0.6 is 15.9 Å². The molecule has 0 aromatic heterocycles. The summed E-state index contributed by atoms with van der Waals surface area (Å²) in [5.74, 6) is 0.126. The first-order valence-electron chi connectivity index (χ1n) is 5.12. The van der Waals surface area contributed by atoms with E-state index in [4.69, 9.17) is 0 Å². The molecule has 1 aromatic rings. The van der Waals surface area contributed by atoms with Gasteiger partial charge in [-0.1, -0.05) is 26.0 Å². The first kappa shape index (κ1) is 12.2. The second-order valence-electron chi connectivity index (χ2n) is 3.74. The Labute approximate surface area is 99.2 Å². The van der Waals surface area contributed by atoms with Gasteiger partial charge in [-0.3, -0.25) is 4.79 Å². The van der Waals surface area contributed by atoms with Crippen molar-refractivity contribution < 1.29 is 4.79 Å². The van der Waals surface area contributed by atoms with Gasteiger partial charge >= 0.3 is 0 Å². The summed E-state index contributed by atoms with van der Waals surface area (Å²) in [5.41, 5.74) is 1.97. The van der Waals surface area contributed by atoms with E-state index in [1.165, 1.54) is 0 Å². The molecular weight excluding hydrogens is 254 g/mol. The Bertz CT molecular complexity index is 363. The summed E-state index contributed by atoms with van der Waals surface area (Å²) in [7, 11) is 0. The minimum atomic E-state index is 0.0532. The Morgan fingerprint density at radius 1 is 1.53 bits per heavy atom. The zero-order valence-corrected chi connectivity index (χ0v) is 10.9. The van der Waals surface area contributed by atoms with E-state index >= 15 is 0 Å². The fraction of sp³-hybridized carbons (Fsp3) is 0.417. The molecule has 3 heteroatoms. The highest BCUT2D eigenvalue weighted by atomic mass is 79.9. The van der Waals surface area contributed by atoms with Crippen molar-refractivity contribution in [2.75, 3.05) is 5.32 Å². The second kappa shape index (κ2) is 5.31. The molecule has 1 amide bonds. The molecule has 1 unspecified atom stereocenters. The fourth-order valence-corrected chi connectivity index (χ4v) is 1.55. The summed E-state index contributed by atoms with van der Waals surface area (Å²) in [5, 5.41) is 2.92. The molecule has 0 spiro atoms. The van der Waals surface area contributed by atoms with Gasteiger partial charge < -0.3 is 5.32 Å². The summed E-state index contributed by atoms with van der Waals surface area (Å²) in [6.45, 7) is 5.94. The number of carbonyl (C=O) groups excluding carboxylic acids is 1. The third-order valence-electron chi connectivity index (χ3n) is 2.51. The van der Waals surface area contributed by atoms with Crippen LogP contribution in [0.5, 0.6) is 0 Å². The smallest absolute Gasteiger partial charge is 0.227 e. The lowest BCUT2D eigenvalue weighted by molar-refractivity contribution is -0.119. The number of anilines is 1. The van der Waals surface area contributed by atoms with Crippen LogP contribution in [-0.4, -0.2) is 5.91 Å². The fourth-order valence-electron chi connectivity index (χ4n) is 1.19. The Kier molecular flexibility index (Phi) is 4.33. The largest absolute Gasteiger partial charge is 0.325 e. The quantitative estimate of drug-likeness (QED) is 0.890. The normalized spacial score (nSPS) is 12.3. The average molecular weight is 270 g/mol. The van der Waals surface area contributed by atoms with Crippen LogP contribution < -0.4 is 5.32 Å². The number of hydrogen-bond donors (Lipinski definition) is 1. The van der Waals surface area contributed by atoms with Crippen molar-refractivity contribution in [3.05, 3.63) is 28.2 Å². The van der Waals surface area contributed by atoms with E-state index in [1.807, 2.05) is 39.0 Å². The SMILES string of the molecule is CCC(C)C(=O)Nc1cccc(C)c1Br. The standard InChI is InChI=1S/C12H16BrNO/c1-4-8(2)12(15)14-10-7-5-6-9(3)11(10)13/h5-8H,4H2,1-3H3,(H,14,15). The third kappa shape index (κ3) is 3.06. The maximum atomic E-state index is 11.7. The van der Waals surface area contributed by atoms with E-state index in [0.717, 1.165) is 22.1 Å². The maximum absolute atomic E-state index is 11.7. The number of nitrogens with one attached hydrogen (secondary N) is 1. The van der Waals surface area contributed by atoms with Crippen molar-refractivity contribution in [1.29, 1.82) is 0 Å². The van der Waals surface area contributed by atoms with Gasteiger partial charge in [-0.05, 0) is 40.9 Å². The average Bonchev–Trinajstić information content (AvgIpc) is 2.23. The molecule has 2 nitrogen and oxygen atoms in total. The van der Waals surface area contributed by atoms with Gasteiger partial charge in [0.15, 0.2) is 0 Å². The van der Waals surface area contributed by atoms with Crippen LogP contribution in [0.2, 0.25) is 0 Å². The molecule has 1 N–H and O–H groups in total. The number of carbonyl (C=O) groups is 1. The summed E-state index contributed by atoms with van der Waals surface area (Å²) in [6, 6.07) is 5.84. The van der Waals surface area contributed by atoms with Crippen molar-refractivity contribution in [3.8, 4) is 0 Å². The highest BCUT2D eigenvalue weighted by Crippen LogP contribution is 2.26. The van der Waals surface area contributed by atoms with E-state index in [-0.39, 0.29) is 11.8 Å². The highest BCUT2D eigenvalue weighted by Gasteiger charge is 2.12. The molecule has 0 radical (unpaired) electrons. The molecule has 1 atom stereocenters. The molecule has 1 aromatic carbocycles. The van der Waals surface area contributed by atoms with E-state index in [9.17, 15) is 4.79 Å². The van der Waals surface area contributed by atoms with Gasteiger partial charge in [-0.2, -0.15) is 0 Å². The number of hydrogen-bond acceptors (Lipinski definition) is 1. The van der Waals surface area contributed by atoms with E-state index in [1.54, 1.807) is 0 Å². The summed E-state index contributed by atoms with van der Waals surface area (Å²) >= 11 is 3.46. The minimum Gasteiger partial charge on any atom is -0.325 e. The first-order chi connectivity index (χ1) is 7.06. The van der Waals surface area contributed by atoms with Crippen LogP contribution in [0, 0.1) is 12.8 Å². The van der Waals surface area contributed by atoms with Gasteiger partial charge in [-0.15, -0.1) is 0 Å². The Hall–Kier alpha value is -0.830. The lowest BCUT2D eigenvalue weighted by Gasteiger charge is -2.12. The molecule has 15 heavy (non-hydrogen) atoms. The molecule has 82 valence electrons. The molecule has 0 saturated heterocycles. The Balaban J connectivity index is 2.81. The highest BCUT2D eigenvalue weighted by molar-refractivity contribution is 9.10. The number of aryl methyl sites for hydroxylation is 1.